The Morgan fingerprint density at radius 2 is 1.95 bits per heavy atom. The van der Waals surface area contributed by atoms with Crippen molar-refractivity contribution in [3.05, 3.63) is 48.3 Å². The lowest BCUT2D eigenvalue weighted by atomic mass is 10.1. The van der Waals surface area contributed by atoms with Crippen molar-refractivity contribution < 1.29 is 14.3 Å². The Hall–Kier alpha value is -2.43. The van der Waals surface area contributed by atoms with Crippen LogP contribution in [0.1, 0.15) is 5.56 Å². The zero-order valence-corrected chi connectivity index (χ0v) is 12.3. The Balaban J connectivity index is 1.86. The summed E-state index contributed by atoms with van der Waals surface area (Å²) in [5.74, 6) is 1.58. The number of amides is 1. The van der Waals surface area contributed by atoms with Crippen molar-refractivity contribution in [2.45, 2.75) is 13.0 Å². The van der Waals surface area contributed by atoms with E-state index in [2.05, 4.69) is 5.32 Å². The highest BCUT2D eigenvalue weighted by Crippen LogP contribution is 2.24. The number of aromatic nitrogens is 1. The van der Waals surface area contributed by atoms with E-state index in [4.69, 9.17) is 9.47 Å². The van der Waals surface area contributed by atoms with Crippen LogP contribution in [0.15, 0.2) is 42.7 Å². The van der Waals surface area contributed by atoms with Crippen LogP contribution in [0.5, 0.6) is 11.5 Å². The molecule has 0 saturated carbocycles. The minimum Gasteiger partial charge on any atom is -0.497 e. The fraction of sp³-hybridized carbons (Fsp3) is 0.312. The molecule has 1 amide bonds. The Morgan fingerprint density at radius 3 is 2.62 bits per heavy atom. The predicted octanol–water partition coefficient (Wildman–Crippen LogP) is 1.86. The quantitative estimate of drug-likeness (QED) is 0.846. The van der Waals surface area contributed by atoms with Crippen molar-refractivity contribution in [2.24, 2.45) is 0 Å². The summed E-state index contributed by atoms with van der Waals surface area (Å²) in [5.41, 5.74) is 1.01. The van der Waals surface area contributed by atoms with Crippen molar-refractivity contribution >= 4 is 5.91 Å². The number of benzene rings is 1. The Kier molecular flexibility index (Phi) is 5.26. The van der Waals surface area contributed by atoms with Gasteiger partial charge in [-0.3, -0.25) is 4.79 Å². The molecule has 0 aliphatic rings. The first-order valence-corrected chi connectivity index (χ1v) is 6.81. The summed E-state index contributed by atoms with van der Waals surface area (Å²) < 4.78 is 12.4. The number of methoxy groups -OCH3 is 2. The van der Waals surface area contributed by atoms with Crippen LogP contribution in [-0.2, 0) is 17.8 Å². The number of rotatable bonds is 7. The van der Waals surface area contributed by atoms with Gasteiger partial charge in [-0.25, -0.2) is 0 Å². The molecule has 2 rings (SSSR count). The van der Waals surface area contributed by atoms with E-state index >= 15 is 0 Å². The highest BCUT2D eigenvalue weighted by molar-refractivity contribution is 5.75. The number of nitrogens with zero attached hydrogens (tertiary/aromatic N) is 1. The number of ether oxygens (including phenoxy) is 2. The minimum atomic E-state index is -0.00642. The zero-order valence-electron chi connectivity index (χ0n) is 12.3. The first kappa shape index (κ1) is 15.0. The molecule has 0 aliphatic heterocycles. The molecule has 0 fully saturated rings. The van der Waals surface area contributed by atoms with E-state index < -0.39 is 0 Å². The lowest BCUT2D eigenvalue weighted by Gasteiger charge is -2.11. The lowest BCUT2D eigenvalue weighted by molar-refractivity contribution is -0.121. The lowest BCUT2D eigenvalue weighted by Crippen LogP contribution is -2.29. The second-order valence-electron chi connectivity index (χ2n) is 4.63. The van der Waals surface area contributed by atoms with E-state index in [0.29, 0.717) is 19.5 Å². The molecule has 21 heavy (non-hydrogen) atoms. The van der Waals surface area contributed by atoms with Gasteiger partial charge in [0.1, 0.15) is 18.0 Å². The Labute approximate surface area is 124 Å². The fourth-order valence-corrected chi connectivity index (χ4v) is 2.11. The smallest absolute Gasteiger partial charge is 0.239 e. The van der Waals surface area contributed by atoms with Crippen LogP contribution < -0.4 is 14.8 Å². The van der Waals surface area contributed by atoms with Gasteiger partial charge in [0.2, 0.25) is 5.91 Å². The first-order valence-electron chi connectivity index (χ1n) is 6.81. The number of nitrogens with one attached hydrogen (secondary N) is 1. The van der Waals surface area contributed by atoms with E-state index in [-0.39, 0.29) is 5.91 Å². The van der Waals surface area contributed by atoms with E-state index in [1.807, 2.05) is 47.3 Å². The number of hydrogen-bond donors (Lipinski definition) is 1. The number of carbonyl (C=O) groups is 1. The monoisotopic (exact) mass is 288 g/mol. The van der Waals surface area contributed by atoms with Crippen LogP contribution >= 0.6 is 0 Å². The van der Waals surface area contributed by atoms with Crippen LogP contribution in [0.4, 0.5) is 0 Å². The van der Waals surface area contributed by atoms with Crippen molar-refractivity contribution in [1.29, 1.82) is 0 Å². The summed E-state index contributed by atoms with van der Waals surface area (Å²) in [5, 5.41) is 2.90. The molecule has 0 radical (unpaired) electrons. The summed E-state index contributed by atoms with van der Waals surface area (Å²) in [6.07, 6.45) is 4.42. The molecule has 112 valence electrons. The molecule has 1 N–H and O–H groups in total. The van der Waals surface area contributed by atoms with Gasteiger partial charge in [0.15, 0.2) is 0 Å². The molecule has 5 heteroatoms. The molecule has 0 saturated heterocycles. The van der Waals surface area contributed by atoms with Crippen LogP contribution in [-0.4, -0.2) is 31.2 Å². The largest absolute Gasteiger partial charge is 0.497 e. The van der Waals surface area contributed by atoms with E-state index in [9.17, 15) is 4.79 Å². The fourth-order valence-electron chi connectivity index (χ4n) is 2.11. The zero-order chi connectivity index (χ0) is 15.1. The molecule has 1 aromatic carbocycles. The molecule has 0 atom stereocenters. The minimum absolute atomic E-state index is 0.00642. The summed E-state index contributed by atoms with van der Waals surface area (Å²) >= 11 is 0. The Bertz CT molecular complexity index is 579. The van der Waals surface area contributed by atoms with Crippen molar-refractivity contribution in [3.63, 3.8) is 0 Å². The van der Waals surface area contributed by atoms with Crippen molar-refractivity contribution in [3.8, 4) is 11.5 Å². The summed E-state index contributed by atoms with van der Waals surface area (Å²) in [4.78, 5) is 11.8. The molecule has 1 aromatic heterocycles. The highest BCUT2D eigenvalue weighted by Gasteiger charge is 2.06. The second kappa shape index (κ2) is 7.38. The summed E-state index contributed by atoms with van der Waals surface area (Å²) in [6, 6.07) is 9.45. The van der Waals surface area contributed by atoms with Gasteiger partial charge in [0.25, 0.3) is 0 Å². The third-order valence-electron chi connectivity index (χ3n) is 3.20. The van der Waals surface area contributed by atoms with Gasteiger partial charge in [0, 0.05) is 18.9 Å². The van der Waals surface area contributed by atoms with E-state index in [1.165, 1.54) is 0 Å². The van der Waals surface area contributed by atoms with Gasteiger partial charge < -0.3 is 19.4 Å². The molecule has 1 heterocycles. The maximum absolute atomic E-state index is 11.8. The van der Waals surface area contributed by atoms with Crippen LogP contribution in [0, 0.1) is 0 Å². The molecule has 0 unspecified atom stereocenters. The molecule has 0 bridgehead atoms. The van der Waals surface area contributed by atoms with Gasteiger partial charge in [-0.05, 0) is 42.3 Å². The third kappa shape index (κ3) is 4.27. The molecule has 0 spiro atoms. The van der Waals surface area contributed by atoms with Gasteiger partial charge >= 0.3 is 0 Å². The molecular weight excluding hydrogens is 268 g/mol. The maximum Gasteiger partial charge on any atom is 0.239 e. The van der Waals surface area contributed by atoms with Gasteiger partial charge in [-0.2, -0.15) is 0 Å². The van der Waals surface area contributed by atoms with Gasteiger partial charge in [-0.1, -0.05) is 0 Å². The standard InChI is InChI=1S/C16H20N2O3/c1-20-14-5-6-15(21-2)13(11-14)7-8-17-16(19)12-18-9-3-4-10-18/h3-6,9-11H,7-8,12H2,1-2H3,(H,17,19). The highest BCUT2D eigenvalue weighted by atomic mass is 16.5. The van der Waals surface area contributed by atoms with Crippen LogP contribution in [0.25, 0.3) is 0 Å². The van der Waals surface area contributed by atoms with Crippen molar-refractivity contribution in [1.82, 2.24) is 9.88 Å². The SMILES string of the molecule is COc1ccc(OC)c(CCNC(=O)Cn2cccc2)c1. The molecular formula is C16H20N2O3. The van der Waals surface area contributed by atoms with E-state index in [1.54, 1.807) is 14.2 Å². The molecule has 0 aliphatic carbocycles. The summed E-state index contributed by atoms with van der Waals surface area (Å²) in [6.45, 7) is 0.895. The van der Waals surface area contributed by atoms with Crippen LogP contribution in [0.2, 0.25) is 0 Å². The number of carbonyl (C=O) groups excluding carboxylic acids is 1. The Morgan fingerprint density at radius 1 is 1.19 bits per heavy atom. The topological polar surface area (TPSA) is 52.5 Å². The first-order chi connectivity index (χ1) is 10.2. The van der Waals surface area contributed by atoms with Crippen LogP contribution in [0.3, 0.4) is 0 Å². The normalized spacial score (nSPS) is 10.2. The maximum atomic E-state index is 11.8. The van der Waals surface area contributed by atoms with E-state index in [0.717, 1.165) is 17.1 Å². The average molecular weight is 288 g/mol. The molecule has 5 nitrogen and oxygen atoms in total. The average Bonchev–Trinajstić information content (AvgIpc) is 3.00. The summed E-state index contributed by atoms with van der Waals surface area (Å²) in [7, 11) is 3.26. The third-order valence-corrected chi connectivity index (χ3v) is 3.20. The number of hydrogen-bond acceptors (Lipinski definition) is 3. The van der Waals surface area contributed by atoms with Crippen molar-refractivity contribution in [2.75, 3.05) is 20.8 Å². The van der Waals surface area contributed by atoms with Gasteiger partial charge in [0.05, 0.1) is 14.2 Å². The second-order valence-corrected chi connectivity index (χ2v) is 4.63. The predicted molar refractivity (Wildman–Crippen MR) is 80.7 cm³/mol. The molecule has 2 aromatic rings. The van der Waals surface area contributed by atoms with Gasteiger partial charge in [-0.15, -0.1) is 0 Å².